The monoisotopic (exact) mass is 561 g/mol. The molecule has 0 aliphatic rings. The minimum atomic E-state index is 0.328. The number of hydrogen-bond acceptors (Lipinski definition) is 3. The maximum absolute atomic E-state index is 6.26. The zero-order valence-corrected chi connectivity index (χ0v) is 20.1. The van der Waals surface area contributed by atoms with E-state index in [1.54, 1.807) is 12.1 Å². The Balaban J connectivity index is 1.75. The summed E-state index contributed by atoms with van der Waals surface area (Å²) in [6.07, 6.45) is 0. The van der Waals surface area contributed by atoms with Crippen LogP contribution in [0, 0.1) is 3.57 Å². The summed E-state index contributed by atoms with van der Waals surface area (Å²) in [4.78, 5) is 0. The summed E-state index contributed by atoms with van der Waals surface area (Å²) in [5.74, 6) is 1.41. The summed E-state index contributed by atoms with van der Waals surface area (Å²) in [5, 5.41) is 5.28. The Bertz CT molecular complexity index is 981. The number of anilines is 1. The highest BCUT2D eigenvalue weighted by atomic mass is 127. The highest BCUT2D eigenvalue weighted by molar-refractivity contribution is 14.1. The van der Waals surface area contributed by atoms with Crippen LogP contribution < -0.4 is 14.8 Å². The molecule has 0 bridgehead atoms. The van der Waals surface area contributed by atoms with Gasteiger partial charge in [-0.3, -0.25) is 0 Å². The fourth-order valence-electron chi connectivity index (χ4n) is 2.69. The largest absolute Gasteiger partial charge is 0.490 e. The Morgan fingerprint density at radius 3 is 2.31 bits per heavy atom. The molecule has 0 unspecified atom stereocenters. The maximum atomic E-state index is 6.26. The Morgan fingerprint density at radius 1 is 0.897 bits per heavy atom. The van der Waals surface area contributed by atoms with Crippen molar-refractivity contribution >= 4 is 63.1 Å². The SMILES string of the molecule is CCOc1cc(CNc2ccc(Cl)cc2)cc(I)c1OCc1ccc(Cl)cc1Cl. The molecule has 0 amide bonds. The van der Waals surface area contributed by atoms with E-state index in [9.17, 15) is 0 Å². The Hall–Kier alpha value is -1.34. The number of benzene rings is 3. The lowest BCUT2D eigenvalue weighted by molar-refractivity contribution is 0.267. The lowest BCUT2D eigenvalue weighted by atomic mass is 10.2. The van der Waals surface area contributed by atoms with Crippen LogP contribution in [0.15, 0.2) is 54.6 Å². The molecule has 0 atom stereocenters. The number of rotatable bonds is 8. The Labute approximate surface area is 199 Å². The van der Waals surface area contributed by atoms with E-state index in [0.717, 1.165) is 20.4 Å². The number of ether oxygens (including phenoxy) is 2. The molecule has 29 heavy (non-hydrogen) atoms. The Morgan fingerprint density at radius 2 is 1.62 bits per heavy atom. The maximum Gasteiger partial charge on any atom is 0.174 e. The van der Waals surface area contributed by atoms with Gasteiger partial charge in [-0.15, -0.1) is 0 Å². The molecule has 0 aromatic heterocycles. The normalized spacial score (nSPS) is 10.7. The molecule has 0 aliphatic carbocycles. The zero-order valence-electron chi connectivity index (χ0n) is 15.6. The minimum Gasteiger partial charge on any atom is -0.490 e. The van der Waals surface area contributed by atoms with Crippen LogP contribution >= 0.6 is 57.4 Å². The molecule has 0 fully saturated rings. The van der Waals surface area contributed by atoms with Crippen molar-refractivity contribution < 1.29 is 9.47 Å². The molecular weight excluding hydrogens is 544 g/mol. The van der Waals surface area contributed by atoms with Crippen LogP contribution in [0.1, 0.15) is 18.1 Å². The summed E-state index contributed by atoms with van der Waals surface area (Å²) in [5.41, 5.74) is 2.95. The predicted molar refractivity (Wildman–Crippen MR) is 130 cm³/mol. The molecule has 0 saturated heterocycles. The van der Waals surface area contributed by atoms with Crippen LogP contribution in [0.25, 0.3) is 0 Å². The first kappa shape index (κ1) is 22.3. The average molecular weight is 563 g/mol. The van der Waals surface area contributed by atoms with Gasteiger partial charge in [-0.2, -0.15) is 0 Å². The average Bonchev–Trinajstić information content (AvgIpc) is 2.68. The van der Waals surface area contributed by atoms with Gasteiger partial charge in [0.05, 0.1) is 10.2 Å². The molecule has 1 N–H and O–H groups in total. The second kappa shape index (κ2) is 10.6. The van der Waals surface area contributed by atoms with Crippen molar-refractivity contribution in [3.63, 3.8) is 0 Å². The molecule has 0 radical (unpaired) electrons. The van der Waals surface area contributed by atoms with E-state index in [-0.39, 0.29) is 0 Å². The van der Waals surface area contributed by atoms with Crippen molar-refractivity contribution in [2.24, 2.45) is 0 Å². The van der Waals surface area contributed by atoms with E-state index in [1.165, 1.54) is 0 Å². The second-order valence-corrected chi connectivity index (χ2v) is 8.67. The van der Waals surface area contributed by atoms with Crippen molar-refractivity contribution in [2.75, 3.05) is 11.9 Å². The van der Waals surface area contributed by atoms with Gasteiger partial charge in [-0.1, -0.05) is 40.9 Å². The fourth-order valence-corrected chi connectivity index (χ4v) is 4.10. The molecule has 3 rings (SSSR count). The number of hydrogen-bond donors (Lipinski definition) is 1. The zero-order chi connectivity index (χ0) is 20.8. The lowest BCUT2D eigenvalue weighted by Crippen LogP contribution is -2.05. The third-order valence-corrected chi connectivity index (χ3v) is 5.74. The van der Waals surface area contributed by atoms with Crippen LogP contribution in [0.2, 0.25) is 15.1 Å². The Kier molecular flexibility index (Phi) is 8.18. The van der Waals surface area contributed by atoms with Gasteiger partial charge < -0.3 is 14.8 Å². The summed E-state index contributed by atoms with van der Waals surface area (Å²) >= 11 is 20.4. The van der Waals surface area contributed by atoms with Crippen LogP contribution in [-0.4, -0.2) is 6.61 Å². The molecular formula is C22H19Cl3INO2. The van der Waals surface area contributed by atoms with Crippen LogP contribution in [-0.2, 0) is 13.2 Å². The van der Waals surface area contributed by atoms with Gasteiger partial charge in [0.15, 0.2) is 11.5 Å². The van der Waals surface area contributed by atoms with Crippen LogP contribution in [0.4, 0.5) is 5.69 Å². The van der Waals surface area contributed by atoms with Gasteiger partial charge in [0.2, 0.25) is 0 Å². The fraction of sp³-hybridized carbons (Fsp3) is 0.182. The van der Waals surface area contributed by atoms with E-state index in [2.05, 4.69) is 34.0 Å². The lowest BCUT2D eigenvalue weighted by Gasteiger charge is -2.16. The molecule has 152 valence electrons. The first-order chi connectivity index (χ1) is 14.0. The standard InChI is InChI=1S/C22H19Cl3INO2/c1-2-28-21-10-14(12-27-18-7-5-16(23)6-8-18)9-20(26)22(21)29-13-15-3-4-17(24)11-19(15)25/h3-11,27H,2,12-13H2,1H3. The summed E-state index contributed by atoms with van der Waals surface area (Å²) in [6, 6.07) is 17.1. The van der Waals surface area contributed by atoms with Crippen molar-refractivity contribution in [2.45, 2.75) is 20.1 Å². The van der Waals surface area contributed by atoms with Gasteiger partial charge in [-0.05, 0) is 83.6 Å². The second-order valence-electron chi connectivity index (χ2n) is 6.22. The van der Waals surface area contributed by atoms with Crippen molar-refractivity contribution in [3.05, 3.63) is 84.4 Å². The van der Waals surface area contributed by atoms with Gasteiger partial charge in [0, 0.05) is 32.9 Å². The first-order valence-electron chi connectivity index (χ1n) is 8.97. The van der Waals surface area contributed by atoms with Crippen LogP contribution in [0.5, 0.6) is 11.5 Å². The third kappa shape index (κ3) is 6.32. The number of halogens is 4. The van der Waals surface area contributed by atoms with Crippen molar-refractivity contribution in [1.82, 2.24) is 0 Å². The molecule has 7 heteroatoms. The van der Waals surface area contributed by atoms with E-state index in [0.29, 0.717) is 46.3 Å². The molecule has 0 aliphatic heterocycles. The number of nitrogens with one attached hydrogen (secondary N) is 1. The van der Waals surface area contributed by atoms with E-state index in [4.69, 9.17) is 44.3 Å². The first-order valence-corrected chi connectivity index (χ1v) is 11.2. The molecule has 0 saturated carbocycles. The summed E-state index contributed by atoms with van der Waals surface area (Å²) in [7, 11) is 0. The quantitative estimate of drug-likeness (QED) is 0.284. The van der Waals surface area contributed by atoms with Crippen molar-refractivity contribution in [1.29, 1.82) is 0 Å². The third-order valence-electron chi connectivity index (χ3n) is 4.10. The molecule has 3 aromatic carbocycles. The molecule has 3 aromatic rings. The van der Waals surface area contributed by atoms with E-state index >= 15 is 0 Å². The van der Waals surface area contributed by atoms with Gasteiger partial charge in [-0.25, -0.2) is 0 Å². The van der Waals surface area contributed by atoms with E-state index in [1.807, 2.05) is 43.3 Å². The highest BCUT2D eigenvalue weighted by Crippen LogP contribution is 2.35. The predicted octanol–water partition coefficient (Wildman–Crippen LogP) is 7.84. The minimum absolute atomic E-state index is 0.328. The van der Waals surface area contributed by atoms with Gasteiger partial charge in [0.1, 0.15) is 6.61 Å². The molecule has 3 nitrogen and oxygen atoms in total. The van der Waals surface area contributed by atoms with Crippen molar-refractivity contribution in [3.8, 4) is 11.5 Å². The highest BCUT2D eigenvalue weighted by Gasteiger charge is 2.13. The summed E-state index contributed by atoms with van der Waals surface area (Å²) in [6.45, 7) is 3.48. The smallest absolute Gasteiger partial charge is 0.174 e. The van der Waals surface area contributed by atoms with E-state index < -0.39 is 0 Å². The summed E-state index contributed by atoms with van der Waals surface area (Å²) < 4.78 is 12.9. The van der Waals surface area contributed by atoms with Gasteiger partial charge >= 0.3 is 0 Å². The molecule has 0 spiro atoms. The molecule has 0 heterocycles. The van der Waals surface area contributed by atoms with Crippen LogP contribution in [0.3, 0.4) is 0 Å². The topological polar surface area (TPSA) is 30.5 Å². The van der Waals surface area contributed by atoms with Gasteiger partial charge in [0.25, 0.3) is 0 Å².